The van der Waals surface area contributed by atoms with Gasteiger partial charge in [-0.25, -0.2) is 0 Å². The van der Waals surface area contributed by atoms with E-state index in [4.69, 9.17) is 29.1 Å². The Labute approximate surface area is 139 Å². The third kappa shape index (κ3) is 5.54. The predicted octanol–water partition coefficient (Wildman–Crippen LogP) is 3.51. The number of benzene rings is 1. The molecule has 0 spiro atoms. The fourth-order valence-corrected chi connectivity index (χ4v) is 2.98. The van der Waals surface area contributed by atoms with Crippen molar-refractivity contribution in [3.63, 3.8) is 0 Å². The molecule has 0 fully saturated rings. The van der Waals surface area contributed by atoms with E-state index in [9.17, 15) is 4.79 Å². The number of carbonyl (C=O) groups is 1. The summed E-state index contributed by atoms with van der Waals surface area (Å²) in [4.78, 5) is 13.9. The Kier molecular flexibility index (Phi) is 7.51. The second-order valence-electron chi connectivity index (χ2n) is 4.08. The maximum absolute atomic E-state index is 11.9. The third-order valence-electron chi connectivity index (χ3n) is 2.72. The number of nitriles is 1. The van der Waals surface area contributed by atoms with Crippen molar-refractivity contribution in [1.82, 2.24) is 4.90 Å². The SMILES string of the molecule is CCN(CC)C(=S)SCC(=O)Nc1cc(Cl)ccc1C#N. The van der Waals surface area contributed by atoms with Crippen LogP contribution in [0.5, 0.6) is 0 Å². The number of nitrogens with one attached hydrogen (secondary N) is 1. The number of hydrogen-bond acceptors (Lipinski definition) is 4. The highest BCUT2D eigenvalue weighted by molar-refractivity contribution is 8.23. The van der Waals surface area contributed by atoms with Gasteiger partial charge in [0.15, 0.2) is 0 Å². The van der Waals surface area contributed by atoms with Crippen LogP contribution >= 0.6 is 35.6 Å². The molecule has 1 rings (SSSR count). The van der Waals surface area contributed by atoms with Gasteiger partial charge >= 0.3 is 0 Å². The standard InChI is InChI=1S/C14H16ClN3OS2/c1-3-18(4-2)14(20)21-9-13(19)17-12-7-11(15)6-5-10(12)8-16/h5-7H,3-4,9H2,1-2H3,(H,17,19). The Hall–Kier alpha value is -1.29. The average molecular weight is 342 g/mol. The number of nitrogens with zero attached hydrogens (tertiary/aromatic N) is 2. The number of hydrogen-bond donors (Lipinski definition) is 1. The summed E-state index contributed by atoms with van der Waals surface area (Å²) in [5, 5.41) is 12.2. The molecule has 112 valence electrons. The van der Waals surface area contributed by atoms with Gasteiger partial charge in [0.1, 0.15) is 10.4 Å². The molecule has 21 heavy (non-hydrogen) atoms. The highest BCUT2D eigenvalue weighted by Crippen LogP contribution is 2.21. The Morgan fingerprint density at radius 3 is 2.71 bits per heavy atom. The van der Waals surface area contributed by atoms with Crippen molar-refractivity contribution < 1.29 is 4.79 Å². The first-order valence-corrected chi connectivity index (χ1v) is 8.20. The summed E-state index contributed by atoms with van der Waals surface area (Å²) in [6.45, 7) is 5.66. The van der Waals surface area contributed by atoms with E-state index < -0.39 is 0 Å². The van der Waals surface area contributed by atoms with E-state index in [1.165, 1.54) is 11.8 Å². The van der Waals surface area contributed by atoms with Gasteiger partial charge in [0.2, 0.25) is 5.91 Å². The third-order valence-corrected chi connectivity index (χ3v) is 4.48. The molecule has 0 aliphatic heterocycles. The highest BCUT2D eigenvalue weighted by atomic mass is 35.5. The largest absolute Gasteiger partial charge is 0.358 e. The molecule has 7 heteroatoms. The van der Waals surface area contributed by atoms with Crippen molar-refractivity contribution in [1.29, 1.82) is 5.26 Å². The van der Waals surface area contributed by atoms with Crippen molar-refractivity contribution in [2.45, 2.75) is 13.8 Å². The van der Waals surface area contributed by atoms with E-state index >= 15 is 0 Å². The van der Waals surface area contributed by atoms with Crippen LogP contribution in [-0.4, -0.2) is 34.0 Å². The molecule has 0 saturated heterocycles. The summed E-state index contributed by atoms with van der Waals surface area (Å²) >= 11 is 12.4. The minimum Gasteiger partial charge on any atom is -0.358 e. The molecule has 0 saturated carbocycles. The van der Waals surface area contributed by atoms with Gasteiger partial charge in [0.05, 0.1) is 17.0 Å². The van der Waals surface area contributed by atoms with E-state index in [0.717, 1.165) is 13.1 Å². The number of carbonyl (C=O) groups excluding carboxylic acids is 1. The molecule has 0 aromatic heterocycles. The highest BCUT2D eigenvalue weighted by Gasteiger charge is 2.11. The first-order valence-electron chi connectivity index (χ1n) is 6.43. The van der Waals surface area contributed by atoms with Crippen LogP contribution in [0.2, 0.25) is 5.02 Å². The first-order chi connectivity index (χ1) is 10.0. The molecular formula is C14H16ClN3OS2. The van der Waals surface area contributed by atoms with Gasteiger partial charge in [-0.2, -0.15) is 5.26 Å². The number of thioether (sulfide) groups is 1. The lowest BCUT2D eigenvalue weighted by Gasteiger charge is -2.20. The molecule has 0 aliphatic carbocycles. The molecule has 1 N–H and O–H groups in total. The van der Waals surface area contributed by atoms with Crippen molar-refractivity contribution in [2.75, 3.05) is 24.2 Å². The monoisotopic (exact) mass is 341 g/mol. The van der Waals surface area contributed by atoms with Gasteiger partial charge in [-0.15, -0.1) is 0 Å². The quantitative estimate of drug-likeness (QED) is 0.830. The van der Waals surface area contributed by atoms with Crippen LogP contribution < -0.4 is 5.32 Å². The summed E-state index contributed by atoms with van der Waals surface area (Å²) in [5.41, 5.74) is 0.799. The van der Waals surface area contributed by atoms with Crippen molar-refractivity contribution in [3.8, 4) is 6.07 Å². The van der Waals surface area contributed by atoms with E-state index in [2.05, 4.69) is 5.32 Å². The van der Waals surface area contributed by atoms with Crippen molar-refractivity contribution >= 4 is 51.5 Å². The second kappa shape index (κ2) is 8.88. The number of halogens is 1. The average Bonchev–Trinajstić information content (AvgIpc) is 2.46. The molecule has 0 radical (unpaired) electrons. The molecular weight excluding hydrogens is 326 g/mol. The van der Waals surface area contributed by atoms with Gasteiger partial charge < -0.3 is 10.2 Å². The van der Waals surface area contributed by atoms with Gasteiger partial charge in [-0.3, -0.25) is 4.79 Å². The van der Waals surface area contributed by atoms with Crippen LogP contribution in [0.15, 0.2) is 18.2 Å². The summed E-state index contributed by atoms with van der Waals surface area (Å²) in [7, 11) is 0. The van der Waals surface area contributed by atoms with Crippen LogP contribution in [0.25, 0.3) is 0 Å². The molecule has 0 unspecified atom stereocenters. The smallest absolute Gasteiger partial charge is 0.234 e. The van der Waals surface area contributed by atoms with Crippen LogP contribution in [0, 0.1) is 11.3 Å². The Morgan fingerprint density at radius 2 is 2.14 bits per heavy atom. The number of anilines is 1. The van der Waals surface area contributed by atoms with Gasteiger partial charge in [-0.1, -0.05) is 35.6 Å². The topological polar surface area (TPSA) is 56.1 Å². The Bertz CT molecular complexity index is 568. The second-order valence-corrected chi connectivity index (χ2v) is 6.12. The van der Waals surface area contributed by atoms with Gasteiger partial charge in [0.25, 0.3) is 0 Å². The zero-order valence-corrected chi connectivity index (χ0v) is 14.2. The minimum atomic E-state index is -0.215. The van der Waals surface area contributed by atoms with Crippen LogP contribution in [-0.2, 0) is 4.79 Å². The molecule has 0 aliphatic rings. The number of rotatable bonds is 5. The summed E-state index contributed by atoms with van der Waals surface area (Å²) < 4.78 is 0.696. The summed E-state index contributed by atoms with van der Waals surface area (Å²) in [6.07, 6.45) is 0. The number of thiocarbonyl (C=S) groups is 1. The molecule has 1 amide bonds. The maximum Gasteiger partial charge on any atom is 0.234 e. The zero-order chi connectivity index (χ0) is 15.8. The molecule has 1 aromatic rings. The summed E-state index contributed by atoms with van der Waals surface area (Å²) in [5.74, 6) is -0.0135. The number of amides is 1. The van der Waals surface area contributed by atoms with Gasteiger partial charge in [0, 0.05) is 18.1 Å². The van der Waals surface area contributed by atoms with Crippen LogP contribution in [0.4, 0.5) is 5.69 Å². The molecule has 1 aromatic carbocycles. The Balaban J connectivity index is 2.61. The molecule has 0 atom stereocenters. The normalized spacial score (nSPS) is 9.81. The first kappa shape index (κ1) is 17.8. The molecule has 0 bridgehead atoms. The lowest BCUT2D eigenvalue weighted by Crippen LogP contribution is -2.28. The van der Waals surface area contributed by atoms with Crippen molar-refractivity contribution in [3.05, 3.63) is 28.8 Å². The lowest BCUT2D eigenvalue weighted by atomic mass is 10.2. The van der Waals surface area contributed by atoms with Gasteiger partial charge in [-0.05, 0) is 32.0 Å². The fraction of sp³-hybridized carbons (Fsp3) is 0.357. The maximum atomic E-state index is 11.9. The predicted molar refractivity (Wildman–Crippen MR) is 92.8 cm³/mol. The fourth-order valence-electron chi connectivity index (χ4n) is 1.60. The zero-order valence-electron chi connectivity index (χ0n) is 11.9. The minimum absolute atomic E-state index is 0.201. The van der Waals surface area contributed by atoms with Crippen molar-refractivity contribution in [2.24, 2.45) is 0 Å². The van der Waals surface area contributed by atoms with E-state index in [0.29, 0.717) is 20.6 Å². The lowest BCUT2D eigenvalue weighted by molar-refractivity contribution is -0.113. The van der Waals surface area contributed by atoms with E-state index in [1.807, 2.05) is 24.8 Å². The van der Waals surface area contributed by atoms with Crippen LogP contribution in [0.1, 0.15) is 19.4 Å². The molecule has 0 heterocycles. The van der Waals surface area contributed by atoms with E-state index in [-0.39, 0.29) is 11.7 Å². The summed E-state index contributed by atoms with van der Waals surface area (Å²) in [6, 6.07) is 6.76. The Morgan fingerprint density at radius 1 is 1.48 bits per heavy atom. The molecule has 4 nitrogen and oxygen atoms in total. The van der Waals surface area contributed by atoms with Crippen LogP contribution in [0.3, 0.4) is 0 Å². The van der Waals surface area contributed by atoms with E-state index in [1.54, 1.807) is 18.2 Å².